The van der Waals surface area contributed by atoms with E-state index in [1.165, 1.54) is 12.5 Å². The summed E-state index contributed by atoms with van der Waals surface area (Å²) in [6.45, 7) is 0.383. The molecule has 0 radical (unpaired) electrons. The van der Waals surface area contributed by atoms with E-state index in [4.69, 9.17) is 4.42 Å². The number of hydrogen-bond donors (Lipinski definition) is 1. The zero-order chi connectivity index (χ0) is 17.2. The second kappa shape index (κ2) is 6.24. The average molecular weight is 333 g/mol. The van der Waals surface area contributed by atoms with Gasteiger partial charge >= 0.3 is 6.01 Å². The fraction of sp³-hybridized carbons (Fsp3) is 0.105. The topological polar surface area (TPSA) is 75.4 Å². The summed E-state index contributed by atoms with van der Waals surface area (Å²) >= 11 is 0. The van der Waals surface area contributed by atoms with Crippen LogP contribution < -0.4 is 5.32 Å². The number of fused-ring (bicyclic) bond motifs is 1. The molecule has 2 aromatic carbocycles. The van der Waals surface area contributed by atoms with Crippen LogP contribution in [0.25, 0.3) is 0 Å². The molecule has 1 aliphatic heterocycles. The first kappa shape index (κ1) is 15.1. The molecule has 0 saturated carbocycles. The molecule has 1 aromatic heterocycles. The quantitative estimate of drug-likeness (QED) is 0.796. The number of aromatic nitrogens is 1. The molecule has 6 nitrogen and oxygen atoms in total. The highest BCUT2D eigenvalue weighted by molar-refractivity contribution is 6.03. The molecule has 0 saturated heterocycles. The number of amides is 2. The number of benzene rings is 2. The second-order valence-electron chi connectivity index (χ2n) is 5.73. The molecule has 0 unspecified atom stereocenters. The Bertz CT molecular complexity index is 907. The Morgan fingerprint density at radius 1 is 1.12 bits per heavy atom. The van der Waals surface area contributed by atoms with Gasteiger partial charge in [-0.1, -0.05) is 48.5 Å². The molecule has 1 N–H and O–H groups in total. The number of anilines is 1. The fourth-order valence-corrected chi connectivity index (χ4v) is 3.05. The van der Waals surface area contributed by atoms with Crippen molar-refractivity contribution in [1.82, 2.24) is 9.88 Å². The van der Waals surface area contributed by atoms with Crippen molar-refractivity contribution in [3.05, 3.63) is 83.7 Å². The van der Waals surface area contributed by atoms with Crippen LogP contribution in [0.2, 0.25) is 0 Å². The number of hydrogen-bond acceptors (Lipinski definition) is 4. The Morgan fingerprint density at radius 2 is 1.88 bits per heavy atom. The lowest BCUT2D eigenvalue weighted by Crippen LogP contribution is -2.37. The first-order valence-electron chi connectivity index (χ1n) is 7.88. The maximum Gasteiger partial charge on any atom is 0.301 e. The highest BCUT2D eigenvalue weighted by Crippen LogP contribution is 2.32. The van der Waals surface area contributed by atoms with Gasteiger partial charge in [-0.2, -0.15) is 0 Å². The minimum absolute atomic E-state index is 0.107. The maximum absolute atomic E-state index is 12.9. The van der Waals surface area contributed by atoms with Gasteiger partial charge in [0.2, 0.25) is 0 Å². The molecular formula is C19H15N3O3. The van der Waals surface area contributed by atoms with Crippen molar-refractivity contribution in [3.63, 3.8) is 0 Å². The molecule has 0 fully saturated rings. The lowest BCUT2D eigenvalue weighted by molar-refractivity contribution is -0.121. The van der Waals surface area contributed by atoms with E-state index in [9.17, 15) is 9.59 Å². The van der Waals surface area contributed by atoms with Gasteiger partial charge in [-0.05, 0) is 17.2 Å². The normalized spacial score (nSPS) is 14.2. The zero-order valence-electron chi connectivity index (χ0n) is 13.3. The summed E-state index contributed by atoms with van der Waals surface area (Å²) in [4.78, 5) is 31.2. The van der Waals surface area contributed by atoms with Gasteiger partial charge in [-0.15, -0.1) is 0 Å². The minimum Gasteiger partial charge on any atom is -0.432 e. The van der Waals surface area contributed by atoms with Crippen molar-refractivity contribution in [3.8, 4) is 0 Å². The van der Waals surface area contributed by atoms with Crippen molar-refractivity contribution in [2.24, 2.45) is 0 Å². The number of nitrogens with one attached hydrogen (secondary N) is 1. The number of rotatable bonds is 4. The van der Waals surface area contributed by atoms with Gasteiger partial charge in [-0.25, -0.2) is 4.98 Å². The molecule has 0 bridgehead atoms. The zero-order valence-corrected chi connectivity index (χ0v) is 13.3. The summed E-state index contributed by atoms with van der Waals surface area (Å²) < 4.78 is 5.09. The summed E-state index contributed by atoms with van der Waals surface area (Å²) in [7, 11) is 0. The molecule has 0 aliphatic carbocycles. The molecule has 4 rings (SSSR count). The molecule has 25 heavy (non-hydrogen) atoms. The van der Waals surface area contributed by atoms with Gasteiger partial charge in [-0.3, -0.25) is 14.9 Å². The van der Waals surface area contributed by atoms with E-state index in [1.54, 1.807) is 11.0 Å². The van der Waals surface area contributed by atoms with Crippen LogP contribution in [0.5, 0.6) is 0 Å². The smallest absolute Gasteiger partial charge is 0.301 e. The van der Waals surface area contributed by atoms with Crippen LogP contribution in [0.3, 0.4) is 0 Å². The first-order chi connectivity index (χ1) is 12.2. The molecular weight excluding hydrogens is 318 g/mol. The van der Waals surface area contributed by atoms with Crippen molar-refractivity contribution in [2.75, 3.05) is 5.32 Å². The molecule has 1 atom stereocenters. The predicted octanol–water partition coefficient (Wildman–Crippen LogP) is 3.01. The summed E-state index contributed by atoms with van der Waals surface area (Å²) in [5, 5.41) is 2.63. The van der Waals surface area contributed by atoms with Gasteiger partial charge in [0.25, 0.3) is 11.8 Å². The number of oxazole rings is 1. The van der Waals surface area contributed by atoms with E-state index in [0.717, 1.165) is 11.1 Å². The van der Waals surface area contributed by atoms with Crippen LogP contribution >= 0.6 is 0 Å². The van der Waals surface area contributed by atoms with Crippen LogP contribution in [0.1, 0.15) is 27.5 Å². The third-order valence-electron chi connectivity index (χ3n) is 4.19. The van der Waals surface area contributed by atoms with Gasteiger partial charge in [0.1, 0.15) is 12.3 Å². The lowest BCUT2D eigenvalue weighted by Gasteiger charge is -2.26. The van der Waals surface area contributed by atoms with E-state index < -0.39 is 6.04 Å². The van der Waals surface area contributed by atoms with Crippen molar-refractivity contribution in [2.45, 2.75) is 12.6 Å². The summed E-state index contributed by atoms with van der Waals surface area (Å²) in [6, 6.07) is 15.9. The van der Waals surface area contributed by atoms with Crippen LogP contribution in [0, 0.1) is 0 Å². The standard InChI is InChI=1S/C19H15N3O3/c23-17(21-19-20-10-11-25-19)16(13-6-2-1-3-7-13)22-12-14-8-4-5-9-15(14)18(22)24/h1-11,16H,12H2,(H,20,21,23)/t16-/m1/s1. The average Bonchev–Trinajstić information content (AvgIpc) is 3.25. The van der Waals surface area contributed by atoms with Crippen molar-refractivity contribution < 1.29 is 14.0 Å². The number of carbonyl (C=O) groups is 2. The number of carbonyl (C=O) groups excluding carboxylic acids is 2. The third-order valence-corrected chi connectivity index (χ3v) is 4.19. The molecule has 3 aromatic rings. The van der Waals surface area contributed by atoms with Crippen molar-refractivity contribution in [1.29, 1.82) is 0 Å². The largest absolute Gasteiger partial charge is 0.432 e. The maximum atomic E-state index is 12.9. The molecule has 124 valence electrons. The SMILES string of the molecule is O=C(Nc1ncco1)[C@@H](c1ccccc1)N1Cc2ccccc2C1=O. The third kappa shape index (κ3) is 2.78. The van der Waals surface area contributed by atoms with Crippen molar-refractivity contribution >= 4 is 17.8 Å². The van der Waals surface area contributed by atoms with E-state index in [-0.39, 0.29) is 17.8 Å². The van der Waals surface area contributed by atoms with Crippen LogP contribution in [0.15, 0.2) is 71.5 Å². The van der Waals surface area contributed by atoms with Crippen LogP contribution in [-0.4, -0.2) is 21.7 Å². The van der Waals surface area contributed by atoms with E-state index >= 15 is 0 Å². The predicted molar refractivity (Wildman–Crippen MR) is 90.6 cm³/mol. The molecule has 2 heterocycles. The monoisotopic (exact) mass is 333 g/mol. The van der Waals surface area contributed by atoms with Crippen LogP contribution in [0.4, 0.5) is 6.01 Å². The Balaban J connectivity index is 1.69. The molecule has 1 aliphatic rings. The summed E-state index contributed by atoms with van der Waals surface area (Å²) in [5.41, 5.74) is 2.28. The Labute approximate surface area is 144 Å². The first-order valence-corrected chi connectivity index (χ1v) is 7.88. The molecule has 0 spiro atoms. The van der Waals surface area contributed by atoms with E-state index in [0.29, 0.717) is 12.1 Å². The Kier molecular flexibility index (Phi) is 3.78. The minimum atomic E-state index is -0.770. The highest BCUT2D eigenvalue weighted by Gasteiger charge is 2.37. The second-order valence-corrected chi connectivity index (χ2v) is 5.73. The van der Waals surface area contributed by atoms with E-state index in [1.807, 2.05) is 48.5 Å². The Hall–Kier alpha value is -3.41. The Morgan fingerprint density at radius 3 is 2.60 bits per heavy atom. The van der Waals surface area contributed by atoms with Gasteiger partial charge in [0.15, 0.2) is 0 Å². The summed E-state index contributed by atoms with van der Waals surface area (Å²) in [6.07, 6.45) is 2.83. The molecule has 2 amide bonds. The number of nitrogens with zero attached hydrogens (tertiary/aromatic N) is 2. The summed E-state index contributed by atoms with van der Waals surface area (Å²) in [5.74, 6) is -0.526. The molecule has 6 heteroatoms. The lowest BCUT2D eigenvalue weighted by atomic mass is 10.0. The van der Waals surface area contributed by atoms with Crippen LogP contribution in [-0.2, 0) is 11.3 Å². The van der Waals surface area contributed by atoms with Gasteiger partial charge < -0.3 is 9.32 Å². The highest BCUT2D eigenvalue weighted by atomic mass is 16.4. The van der Waals surface area contributed by atoms with Gasteiger partial charge in [0.05, 0.1) is 6.20 Å². The van der Waals surface area contributed by atoms with E-state index in [2.05, 4.69) is 10.3 Å². The van der Waals surface area contributed by atoms with Gasteiger partial charge in [0, 0.05) is 12.1 Å². The fourth-order valence-electron chi connectivity index (χ4n) is 3.05.